The van der Waals surface area contributed by atoms with Crippen LogP contribution in [0.3, 0.4) is 0 Å². The molecule has 0 bridgehead atoms. The third-order valence-electron chi connectivity index (χ3n) is 2.92. The molecule has 15 heavy (non-hydrogen) atoms. The predicted octanol–water partition coefficient (Wildman–Crippen LogP) is 0.200. The monoisotopic (exact) mass is 210 g/mol. The number of nitrogens with one attached hydrogen (secondary N) is 2. The Morgan fingerprint density at radius 3 is 2.73 bits per heavy atom. The van der Waals surface area contributed by atoms with Crippen molar-refractivity contribution in [1.82, 2.24) is 10.6 Å². The summed E-state index contributed by atoms with van der Waals surface area (Å²) in [6, 6.07) is 0.286. The third kappa shape index (κ3) is 2.79. The van der Waals surface area contributed by atoms with E-state index in [0.29, 0.717) is 0 Å². The molecule has 0 aromatic rings. The van der Waals surface area contributed by atoms with Crippen LogP contribution in [-0.2, 0) is 9.53 Å². The van der Waals surface area contributed by atoms with Crippen LogP contribution in [-0.4, -0.2) is 37.2 Å². The standard InChI is InChI=1S/C11H18N2O2/c1-11(7-12-8-11)15-6-10(14)13-9-4-2-3-5-9/h2-3,9,12H,4-8H2,1H3,(H,13,14). The SMILES string of the molecule is CC1(OCC(=O)NC2CC=CC2)CNC1. The number of hydrogen-bond acceptors (Lipinski definition) is 3. The van der Waals surface area contributed by atoms with Gasteiger partial charge < -0.3 is 15.4 Å². The molecular weight excluding hydrogens is 192 g/mol. The van der Waals surface area contributed by atoms with Crippen molar-refractivity contribution >= 4 is 5.91 Å². The Bertz CT molecular complexity index is 264. The molecule has 4 heteroatoms. The highest BCUT2D eigenvalue weighted by Crippen LogP contribution is 2.15. The molecule has 1 saturated heterocycles. The molecule has 1 aliphatic heterocycles. The van der Waals surface area contributed by atoms with Gasteiger partial charge >= 0.3 is 0 Å². The van der Waals surface area contributed by atoms with Gasteiger partial charge in [0, 0.05) is 19.1 Å². The highest BCUT2D eigenvalue weighted by atomic mass is 16.5. The lowest BCUT2D eigenvalue weighted by atomic mass is 10.0. The lowest BCUT2D eigenvalue weighted by Gasteiger charge is -2.38. The van der Waals surface area contributed by atoms with Crippen molar-refractivity contribution < 1.29 is 9.53 Å². The Kier molecular flexibility index (Phi) is 3.07. The van der Waals surface area contributed by atoms with E-state index in [1.807, 2.05) is 6.92 Å². The molecule has 2 aliphatic rings. The van der Waals surface area contributed by atoms with Crippen molar-refractivity contribution in [1.29, 1.82) is 0 Å². The number of ether oxygens (including phenoxy) is 1. The van der Waals surface area contributed by atoms with E-state index >= 15 is 0 Å². The van der Waals surface area contributed by atoms with Crippen molar-refractivity contribution in [2.45, 2.75) is 31.4 Å². The first-order valence-corrected chi connectivity index (χ1v) is 5.47. The lowest BCUT2D eigenvalue weighted by Crippen LogP contribution is -2.59. The molecule has 2 rings (SSSR count). The van der Waals surface area contributed by atoms with Crippen LogP contribution in [0.25, 0.3) is 0 Å². The second-order valence-electron chi connectivity index (χ2n) is 4.55. The number of amides is 1. The Labute approximate surface area is 90.1 Å². The number of carbonyl (C=O) groups is 1. The molecule has 1 amide bonds. The molecule has 0 spiro atoms. The van der Waals surface area contributed by atoms with Crippen LogP contribution in [0.1, 0.15) is 19.8 Å². The van der Waals surface area contributed by atoms with Crippen LogP contribution in [0.5, 0.6) is 0 Å². The van der Waals surface area contributed by atoms with Gasteiger partial charge in [-0.05, 0) is 19.8 Å². The number of carbonyl (C=O) groups excluding carboxylic acids is 1. The summed E-state index contributed by atoms with van der Waals surface area (Å²) < 4.78 is 5.54. The predicted molar refractivity (Wildman–Crippen MR) is 57.5 cm³/mol. The second kappa shape index (κ2) is 4.33. The van der Waals surface area contributed by atoms with Crippen LogP contribution < -0.4 is 10.6 Å². The van der Waals surface area contributed by atoms with Gasteiger partial charge in [0.2, 0.25) is 5.91 Å². The summed E-state index contributed by atoms with van der Waals surface area (Å²) in [5, 5.41) is 6.08. The second-order valence-corrected chi connectivity index (χ2v) is 4.55. The molecular formula is C11H18N2O2. The zero-order chi connectivity index (χ0) is 10.7. The minimum atomic E-state index is -0.134. The minimum absolute atomic E-state index is 0.00294. The normalized spacial score (nSPS) is 23.8. The van der Waals surface area contributed by atoms with Gasteiger partial charge in [-0.3, -0.25) is 4.79 Å². The molecule has 0 radical (unpaired) electrons. The molecule has 1 fully saturated rings. The summed E-state index contributed by atoms with van der Waals surface area (Å²) in [4.78, 5) is 11.5. The fourth-order valence-electron chi connectivity index (χ4n) is 1.82. The summed E-state index contributed by atoms with van der Waals surface area (Å²) in [6.07, 6.45) is 6.10. The van der Waals surface area contributed by atoms with Crippen molar-refractivity contribution in [2.75, 3.05) is 19.7 Å². The zero-order valence-corrected chi connectivity index (χ0v) is 9.08. The molecule has 0 aromatic heterocycles. The Balaban J connectivity index is 1.64. The third-order valence-corrected chi connectivity index (χ3v) is 2.92. The van der Waals surface area contributed by atoms with Gasteiger partial charge in [-0.2, -0.15) is 0 Å². The lowest BCUT2D eigenvalue weighted by molar-refractivity contribution is -0.136. The van der Waals surface area contributed by atoms with Gasteiger partial charge in [0.1, 0.15) is 6.61 Å². The van der Waals surface area contributed by atoms with E-state index in [0.717, 1.165) is 25.9 Å². The van der Waals surface area contributed by atoms with E-state index in [1.165, 1.54) is 0 Å². The number of rotatable bonds is 4. The average Bonchev–Trinajstić information content (AvgIpc) is 2.64. The molecule has 0 unspecified atom stereocenters. The first kappa shape index (κ1) is 10.6. The molecule has 2 N–H and O–H groups in total. The molecule has 1 heterocycles. The highest BCUT2D eigenvalue weighted by molar-refractivity contribution is 5.77. The van der Waals surface area contributed by atoms with E-state index in [2.05, 4.69) is 22.8 Å². The van der Waals surface area contributed by atoms with Crippen molar-refractivity contribution in [3.05, 3.63) is 12.2 Å². The first-order valence-electron chi connectivity index (χ1n) is 5.47. The molecule has 0 saturated carbocycles. The fourth-order valence-corrected chi connectivity index (χ4v) is 1.82. The quantitative estimate of drug-likeness (QED) is 0.652. The minimum Gasteiger partial charge on any atom is -0.363 e. The van der Waals surface area contributed by atoms with Gasteiger partial charge in [-0.1, -0.05) is 12.2 Å². The van der Waals surface area contributed by atoms with E-state index in [1.54, 1.807) is 0 Å². The zero-order valence-electron chi connectivity index (χ0n) is 9.08. The molecule has 4 nitrogen and oxygen atoms in total. The van der Waals surface area contributed by atoms with Gasteiger partial charge in [0.15, 0.2) is 0 Å². The summed E-state index contributed by atoms with van der Waals surface area (Å²) in [5.74, 6) is -0.00294. The van der Waals surface area contributed by atoms with Crippen molar-refractivity contribution in [3.63, 3.8) is 0 Å². The maximum atomic E-state index is 11.5. The maximum absolute atomic E-state index is 11.5. The van der Waals surface area contributed by atoms with Crippen LogP contribution in [0.4, 0.5) is 0 Å². The summed E-state index contributed by atoms with van der Waals surface area (Å²) in [5.41, 5.74) is -0.134. The topological polar surface area (TPSA) is 50.4 Å². The Hall–Kier alpha value is -0.870. The average molecular weight is 210 g/mol. The van der Waals surface area contributed by atoms with E-state index in [-0.39, 0.29) is 24.2 Å². The largest absolute Gasteiger partial charge is 0.363 e. The van der Waals surface area contributed by atoms with Crippen molar-refractivity contribution in [2.24, 2.45) is 0 Å². The van der Waals surface area contributed by atoms with E-state index < -0.39 is 0 Å². The van der Waals surface area contributed by atoms with Crippen LogP contribution in [0, 0.1) is 0 Å². The number of hydrogen-bond donors (Lipinski definition) is 2. The maximum Gasteiger partial charge on any atom is 0.246 e. The molecule has 84 valence electrons. The highest BCUT2D eigenvalue weighted by Gasteiger charge is 2.33. The summed E-state index contributed by atoms with van der Waals surface area (Å²) in [6.45, 7) is 3.87. The van der Waals surface area contributed by atoms with Gasteiger partial charge in [0.25, 0.3) is 0 Å². The van der Waals surface area contributed by atoms with Gasteiger partial charge in [0.05, 0.1) is 5.60 Å². The smallest absolute Gasteiger partial charge is 0.246 e. The van der Waals surface area contributed by atoms with E-state index in [4.69, 9.17) is 4.74 Å². The first-order chi connectivity index (χ1) is 7.18. The molecule has 0 aromatic carbocycles. The van der Waals surface area contributed by atoms with Crippen LogP contribution >= 0.6 is 0 Å². The summed E-state index contributed by atoms with van der Waals surface area (Å²) in [7, 11) is 0. The Morgan fingerprint density at radius 2 is 2.20 bits per heavy atom. The molecule has 0 atom stereocenters. The fraction of sp³-hybridized carbons (Fsp3) is 0.727. The van der Waals surface area contributed by atoms with Gasteiger partial charge in [-0.15, -0.1) is 0 Å². The van der Waals surface area contributed by atoms with Crippen molar-refractivity contribution in [3.8, 4) is 0 Å². The van der Waals surface area contributed by atoms with Crippen LogP contribution in [0.2, 0.25) is 0 Å². The van der Waals surface area contributed by atoms with Crippen LogP contribution in [0.15, 0.2) is 12.2 Å². The van der Waals surface area contributed by atoms with E-state index in [9.17, 15) is 4.79 Å². The van der Waals surface area contributed by atoms with Gasteiger partial charge in [-0.25, -0.2) is 0 Å². The summed E-state index contributed by atoms with van der Waals surface area (Å²) >= 11 is 0. The molecule has 1 aliphatic carbocycles. The Morgan fingerprint density at radius 1 is 1.53 bits per heavy atom.